The summed E-state index contributed by atoms with van der Waals surface area (Å²) in [5.41, 5.74) is 1.75. The van der Waals surface area contributed by atoms with E-state index in [1.54, 1.807) is 12.1 Å². The molecule has 0 amide bonds. The molecule has 1 N–H and O–H groups in total. The predicted molar refractivity (Wildman–Crippen MR) is 108 cm³/mol. The van der Waals surface area contributed by atoms with Gasteiger partial charge in [-0.2, -0.15) is 18.2 Å². The van der Waals surface area contributed by atoms with Gasteiger partial charge in [0.05, 0.1) is 5.56 Å². The van der Waals surface area contributed by atoms with Crippen LogP contribution in [0.1, 0.15) is 49.1 Å². The van der Waals surface area contributed by atoms with Crippen LogP contribution in [0.15, 0.2) is 53.2 Å². The third-order valence-electron chi connectivity index (χ3n) is 5.91. The standard InChI is InChI=1S/C23H20F3N3O/c24-23(25,26)19-13-15(9-10-16(19)14-5-2-1-3-6-14)22-28-21(29-30-22)18-7-4-8-20-17(18)11-12-27-20/h4,7-14,27H,1-3,5-6H2. The van der Waals surface area contributed by atoms with Crippen LogP contribution in [0.2, 0.25) is 0 Å². The van der Waals surface area contributed by atoms with Crippen molar-refractivity contribution >= 4 is 10.9 Å². The summed E-state index contributed by atoms with van der Waals surface area (Å²) in [4.78, 5) is 7.51. The lowest BCUT2D eigenvalue weighted by atomic mass is 9.81. The first-order chi connectivity index (χ1) is 14.5. The Kier molecular flexibility index (Phi) is 4.60. The van der Waals surface area contributed by atoms with Crippen LogP contribution in [0.3, 0.4) is 0 Å². The minimum Gasteiger partial charge on any atom is -0.361 e. The van der Waals surface area contributed by atoms with Crippen LogP contribution in [0.25, 0.3) is 33.7 Å². The summed E-state index contributed by atoms with van der Waals surface area (Å²) < 4.78 is 46.9. The second-order valence-corrected chi connectivity index (χ2v) is 7.80. The highest BCUT2D eigenvalue weighted by molar-refractivity contribution is 5.93. The zero-order valence-electron chi connectivity index (χ0n) is 16.2. The number of aromatic amines is 1. The summed E-state index contributed by atoms with van der Waals surface area (Å²) in [5.74, 6) is 0.382. The Morgan fingerprint density at radius 1 is 1.00 bits per heavy atom. The van der Waals surface area contributed by atoms with Crippen LogP contribution in [0.5, 0.6) is 0 Å². The van der Waals surface area contributed by atoms with Gasteiger partial charge >= 0.3 is 6.18 Å². The second-order valence-electron chi connectivity index (χ2n) is 7.80. The Bertz CT molecular complexity index is 1190. The number of halogens is 3. The molecular formula is C23H20F3N3O. The molecule has 4 nitrogen and oxygen atoms in total. The number of hydrogen-bond acceptors (Lipinski definition) is 3. The number of benzene rings is 2. The molecule has 30 heavy (non-hydrogen) atoms. The average molecular weight is 411 g/mol. The van der Waals surface area contributed by atoms with Crippen LogP contribution in [0.4, 0.5) is 13.2 Å². The molecule has 1 saturated carbocycles. The molecule has 0 spiro atoms. The van der Waals surface area contributed by atoms with E-state index >= 15 is 0 Å². The van der Waals surface area contributed by atoms with Crippen molar-refractivity contribution in [2.75, 3.05) is 0 Å². The van der Waals surface area contributed by atoms with Crippen LogP contribution in [0, 0.1) is 0 Å². The third-order valence-corrected chi connectivity index (χ3v) is 5.91. The van der Waals surface area contributed by atoms with Crippen molar-refractivity contribution in [3.05, 3.63) is 59.8 Å². The minimum atomic E-state index is -4.43. The molecule has 0 bridgehead atoms. The van der Waals surface area contributed by atoms with E-state index in [0.717, 1.165) is 54.6 Å². The summed E-state index contributed by atoms with van der Waals surface area (Å²) in [5, 5.41) is 4.94. The number of nitrogens with one attached hydrogen (secondary N) is 1. The van der Waals surface area contributed by atoms with Gasteiger partial charge in [-0.1, -0.05) is 42.6 Å². The van der Waals surface area contributed by atoms with Gasteiger partial charge in [-0.15, -0.1) is 0 Å². The quantitative estimate of drug-likeness (QED) is 0.397. The van der Waals surface area contributed by atoms with E-state index in [1.807, 2.05) is 30.5 Å². The van der Waals surface area contributed by atoms with Crippen molar-refractivity contribution < 1.29 is 17.7 Å². The zero-order chi connectivity index (χ0) is 20.7. The molecule has 1 fully saturated rings. The highest BCUT2D eigenvalue weighted by atomic mass is 19.4. The van der Waals surface area contributed by atoms with E-state index in [2.05, 4.69) is 15.1 Å². The monoisotopic (exact) mass is 411 g/mol. The van der Waals surface area contributed by atoms with Gasteiger partial charge in [0, 0.05) is 28.2 Å². The third kappa shape index (κ3) is 3.38. The molecule has 1 aliphatic carbocycles. The van der Waals surface area contributed by atoms with Gasteiger partial charge in [-0.05, 0) is 48.6 Å². The number of aromatic nitrogens is 3. The topological polar surface area (TPSA) is 54.7 Å². The number of hydrogen-bond donors (Lipinski definition) is 1. The molecule has 0 saturated heterocycles. The number of nitrogens with zero attached hydrogens (tertiary/aromatic N) is 2. The van der Waals surface area contributed by atoms with Crippen molar-refractivity contribution in [1.82, 2.24) is 15.1 Å². The molecule has 2 heterocycles. The number of fused-ring (bicyclic) bond motifs is 1. The number of rotatable bonds is 3. The summed E-state index contributed by atoms with van der Waals surface area (Å²) >= 11 is 0. The smallest absolute Gasteiger partial charge is 0.361 e. The van der Waals surface area contributed by atoms with E-state index < -0.39 is 11.7 Å². The maximum Gasteiger partial charge on any atom is 0.416 e. The molecule has 0 aliphatic heterocycles. The van der Waals surface area contributed by atoms with Gasteiger partial charge < -0.3 is 9.51 Å². The van der Waals surface area contributed by atoms with Gasteiger partial charge in [-0.25, -0.2) is 0 Å². The summed E-state index contributed by atoms with van der Waals surface area (Å²) in [7, 11) is 0. The predicted octanol–water partition coefficient (Wildman–Crippen LogP) is 6.95. The first kappa shape index (κ1) is 18.9. The maximum absolute atomic E-state index is 13.8. The number of H-pyrrole nitrogens is 1. The van der Waals surface area contributed by atoms with Gasteiger partial charge in [0.15, 0.2) is 0 Å². The molecule has 0 unspecified atom stereocenters. The molecule has 4 aromatic rings. The Balaban J connectivity index is 1.54. The zero-order valence-corrected chi connectivity index (χ0v) is 16.2. The van der Waals surface area contributed by atoms with Crippen LogP contribution >= 0.6 is 0 Å². The highest BCUT2D eigenvalue weighted by Gasteiger charge is 2.36. The van der Waals surface area contributed by atoms with Crippen molar-refractivity contribution in [3.8, 4) is 22.8 Å². The van der Waals surface area contributed by atoms with Crippen molar-refractivity contribution in [2.24, 2.45) is 0 Å². The van der Waals surface area contributed by atoms with Gasteiger partial charge in [0.25, 0.3) is 5.89 Å². The molecule has 0 atom stereocenters. The normalized spacial score (nSPS) is 15.7. The molecular weight excluding hydrogens is 391 g/mol. The fraction of sp³-hybridized carbons (Fsp3) is 0.304. The van der Waals surface area contributed by atoms with Crippen molar-refractivity contribution in [2.45, 2.75) is 44.2 Å². The average Bonchev–Trinajstić information content (AvgIpc) is 3.43. The summed E-state index contributed by atoms with van der Waals surface area (Å²) in [6, 6.07) is 12.0. The second kappa shape index (κ2) is 7.31. The van der Waals surface area contributed by atoms with E-state index in [1.165, 1.54) is 0 Å². The van der Waals surface area contributed by atoms with Gasteiger partial charge in [0.2, 0.25) is 5.82 Å². The summed E-state index contributed by atoms with van der Waals surface area (Å²) in [6.45, 7) is 0. The van der Waals surface area contributed by atoms with E-state index in [0.29, 0.717) is 11.4 Å². The first-order valence-corrected chi connectivity index (χ1v) is 10.1. The first-order valence-electron chi connectivity index (χ1n) is 10.1. The molecule has 5 rings (SSSR count). The lowest BCUT2D eigenvalue weighted by Crippen LogP contribution is -2.14. The molecule has 2 aromatic heterocycles. The van der Waals surface area contributed by atoms with Gasteiger partial charge in [0.1, 0.15) is 0 Å². The van der Waals surface area contributed by atoms with Crippen LogP contribution in [-0.2, 0) is 6.18 Å². The lowest BCUT2D eigenvalue weighted by Gasteiger charge is -2.25. The molecule has 154 valence electrons. The Morgan fingerprint density at radius 2 is 1.83 bits per heavy atom. The van der Waals surface area contributed by atoms with E-state index in [4.69, 9.17) is 4.52 Å². The van der Waals surface area contributed by atoms with Crippen molar-refractivity contribution in [3.63, 3.8) is 0 Å². The Hall–Kier alpha value is -3.09. The maximum atomic E-state index is 13.8. The largest absolute Gasteiger partial charge is 0.416 e. The van der Waals surface area contributed by atoms with Gasteiger partial charge in [-0.3, -0.25) is 0 Å². The van der Waals surface area contributed by atoms with Crippen LogP contribution < -0.4 is 0 Å². The SMILES string of the molecule is FC(F)(F)c1cc(-c2nc(-c3cccc4[nH]ccc34)no2)ccc1C1CCCCC1. The van der Waals surface area contributed by atoms with E-state index in [9.17, 15) is 13.2 Å². The summed E-state index contributed by atoms with van der Waals surface area (Å²) in [6.07, 6.45) is 2.02. The number of alkyl halides is 3. The van der Waals surface area contributed by atoms with Crippen molar-refractivity contribution in [1.29, 1.82) is 0 Å². The fourth-order valence-corrected chi connectivity index (χ4v) is 4.43. The fourth-order valence-electron chi connectivity index (χ4n) is 4.43. The Morgan fingerprint density at radius 3 is 2.63 bits per heavy atom. The molecule has 7 heteroatoms. The lowest BCUT2D eigenvalue weighted by molar-refractivity contribution is -0.138. The molecule has 2 aromatic carbocycles. The molecule has 1 aliphatic rings. The van der Waals surface area contributed by atoms with Crippen LogP contribution in [-0.4, -0.2) is 15.1 Å². The highest BCUT2D eigenvalue weighted by Crippen LogP contribution is 2.42. The molecule has 0 radical (unpaired) electrons. The minimum absolute atomic E-state index is 0.0473. The Labute approximate surface area is 171 Å². The van der Waals surface area contributed by atoms with E-state index in [-0.39, 0.29) is 17.4 Å².